The number of methoxy groups -OCH3 is 2. The van der Waals surface area contributed by atoms with E-state index in [9.17, 15) is 0 Å². The van der Waals surface area contributed by atoms with E-state index in [-0.39, 0.29) is 6.04 Å². The van der Waals surface area contributed by atoms with E-state index in [1.807, 2.05) is 30.5 Å². The molecular formula is C22H25N3O2. The van der Waals surface area contributed by atoms with Crippen LogP contribution in [0.2, 0.25) is 0 Å². The van der Waals surface area contributed by atoms with Gasteiger partial charge in [0.2, 0.25) is 0 Å². The van der Waals surface area contributed by atoms with E-state index in [0.717, 1.165) is 54.1 Å². The van der Waals surface area contributed by atoms with Crippen molar-refractivity contribution in [3.63, 3.8) is 0 Å². The van der Waals surface area contributed by atoms with Gasteiger partial charge in [0.05, 0.1) is 25.8 Å². The van der Waals surface area contributed by atoms with Crippen molar-refractivity contribution in [1.29, 1.82) is 0 Å². The smallest absolute Gasteiger partial charge is 0.124 e. The number of rotatable bonds is 5. The Kier molecular flexibility index (Phi) is 5.23. The van der Waals surface area contributed by atoms with Crippen LogP contribution in [0.3, 0.4) is 0 Å². The van der Waals surface area contributed by atoms with Crippen LogP contribution in [0.5, 0.6) is 11.5 Å². The molecule has 0 radical (unpaired) electrons. The Hall–Kier alpha value is -2.63. The Morgan fingerprint density at radius 3 is 2.59 bits per heavy atom. The van der Waals surface area contributed by atoms with Gasteiger partial charge >= 0.3 is 0 Å². The maximum Gasteiger partial charge on any atom is 0.124 e. The van der Waals surface area contributed by atoms with Crippen LogP contribution in [-0.2, 0) is 0 Å². The molecule has 27 heavy (non-hydrogen) atoms. The molecule has 5 heteroatoms. The van der Waals surface area contributed by atoms with Crippen LogP contribution >= 0.6 is 0 Å². The molecular weight excluding hydrogens is 338 g/mol. The normalized spacial score (nSPS) is 16.2. The Balaban J connectivity index is 1.86. The van der Waals surface area contributed by atoms with Crippen molar-refractivity contribution in [3.8, 4) is 11.5 Å². The van der Waals surface area contributed by atoms with E-state index < -0.39 is 0 Å². The number of pyridine rings is 1. The highest BCUT2D eigenvalue weighted by Crippen LogP contribution is 2.37. The fourth-order valence-corrected chi connectivity index (χ4v) is 3.82. The van der Waals surface area contributed by atoms with Crippen molar-refractivity contribution in [2.75, 3.05) is 40.4 Å². The van der Waals surface area contributed by atoms with Gasteiger partial charge in [-0.05, 0) is 35.9 Å². The zero-order chi connectivity index (χ0) is 18.6. The topological polar surface area (TPSA) is 46.6 Å². The molecule has 1 aliphatic heterocycles. The van der Waals surface area contributed by atoms with Crippen LogP contribution in [0.4, 0.5) is 0 Å². The van der Waals surface area contributed by atoms with E-state index in [0.29, 0.717) is 0 Å². The minimum absolute atomic E-state index is 0.0641. The van der Waals surface area contributed by atoms with Gasteiger partial charge in [-0.25, -0.2) is 0 Å². The molecule has 2 aromatic carbocycles. The predicted molar refractivity (Wildman–Crippen MR) is 108 cm³/mol. The fourth-order valence-electron chi connectivity index (χ4n) is 3.82. The van der Waals surface area contributed by atoms with Crippen LogP contribution in [0.15, 0.2) is 54.7 Å². The molecule has 0 amide bonds. The molecule has 1 saturated heterocycles. The van der Waals surface area contributed by atoms with E-state index in [1.165, 1.54) is 5.56 Å². The SMILES string of the molecule is COc1ccc(OC)c(C(c2cnc3ccccc3c2)N2CCNCC2)c1. The first-order chi connectivity index (χ1) is 13.3. The molecule has 0 aliphatic carbocycles. The number of nitrogens with zero attached hydrogens (tertiary/aromatic N) is 2. The van der Waals surface area contributed by atoms with Crippen LogP contribution in [0.25, 0.3) is 10.9 Å². The standard InChI is InChI=1S/C22H25N3O2/c1-26-18-7-8-21(27-2)19(14-18)22(25-11-9-23-10-12-25)17-13-16-5-3-4-6-20(16)24-15-17/h3-8,13-15,22-23H,9-12H2,1-2H3. The van der Waals surface area contributed by atoms with E-state index >= 15 is 0 Å². The lowest BCUT2D eigenvalue weighted by Gasteiger charge is -2.36. The van der Waals surface area contributed by atoms with Gasteiger partial charge in [0, 0.05) is 43.3 Å². The van der Waals surface area contributed by atoms with Gasteiger partial charge in [0.15, 0.2) is 0 Å². The van der Waals surface area contributed by atoms with Gasteiger partial charge < -0.3 is 14.8 Å². The number of hydrogen-bond acceptors (Lipinski definition) is 5. The molecule has 5 nitrogen and oxygen atoms in total. The zero-order valence-corrected chi connectivity index (χ0v) is 15.8. The number of piperazine rings is 1. The molecule has 1 aliphatic rings. The number of nitrogens with one attached hydrogen (secondary N) is 1. The second kappa shape index (κ2) is 7.94. The number of benzene rings is 2. The molecule has 0 bridgehead atoms. The van der Waals surface area contributed by atoms with Crippen molar-refractivity contribution in [2.24, 2.45) is 0 Å². The fraction of sp³-hybridized carbons (Fsp3) is 0.318. The number of ether oxygens (including phenoxy) is 2. The van der Waals surface area contributed by atoms with Crippen molar-refractivity contribution in [3.05, 3.63) is 65.9 Å². The summed E-state index contributed by atoms with van der Waals surface area (Å²) >= 11 is 0. The minimum Gasteiger partial charge on any atom is -0.497 e. The third-order valence-corrected chi connectivity index (χ3v) is 5.18. The summed E-state index contributed by atoms with van der Waals surface area (Å²) in [5, 5.41) is 4.59. The summed E-state index contributed by atoms with van der Waals surface area (Å²) in [5.41, 5.74) is 3.29. The molecule has 1 N–H and O–H groups in total. The summed E-state index contributed by atoms with van der Waals surface area (Å²) in [6, 6.07) is 16.6. The van der Waals surface area contributed by atoms with Crippen LogP contribution in [-0.4, -0.2) is 50.3 Å². The van der Waals surface area contributed by atoms with Crippen LogP contribution < -0.4 is 14.8 Å². The largest absolute Gasteiger partial charge is 0.497 e. The number of aromatic nitrogens is 1. The minimum atomic E-state index is 0.0641. The van der Waals surface area contributed by atoms with Crippen LogP contribution in [0.1, 0.15) is 17.2 Å². The molecule has 2 heterocycles. The van der Waals surface area contributed by atoms with Gasteiger partial charge in [-0.2, -0.15) is 0 Å². The lowest BCUT2D eigenvalue weighted by atomic mass is 9.95. The summed E-state index contributed by atoms with van der Waals surface area (Å²) in [5.74, 6) is 1.70. The summed E-state index contributed by atoms with van der Waals surface area (Å²) in [6.07, 6.45) is 1.99. The zero-order valence-electron chi connectivity index (χ0n) is 15.8. The quantitative estimate of drug-likeness (QED) is 0.754. The van der Waals surface area contributed by atoms with Crippen LogP contribution in [0, 0.1) is 0 Å². The maximum atomic E-state index is 5.71. The third-order valence-electron chi connectivity index (χ3n) is 5.18. The Bertz CT molecular complexity index is 922. The van der Waals surface area contributed by atoms with E-state index in [4.69, 9.17) is 14.5 Å². The lowest BCUT2D eigenvalue weighted by Crippen LogP contribution is -2.45. The maximum absolute atomic E-state index is 5.71. The lowest BCUT2D eigenvalue weighted by molar-refractivity contribution is 0.195. The first-order valence-corrected chi connectivity index (χ1v) is 9.31. The monoisotopic (exact) mass is 363 g/mol. The molecule has 0 spiro atoms. The molecule has 1 unspecified atom stereocenters. The van der Waals surface area contributed by atoms with Crippen molar-refractivity contribution >= 4 is 10.9 Å². The molecule has 1 atom stereocenters. The van der Waals surface area contributed by atoms with E-state index in [1.54, 1.807) is 14.2 Å². The van der Waals surface area contributed by atoms with E-state index in [2.05, 4.69) is 34.5 Å². The molecule has 1 aromatic heterocycles. The molecule has 4 rings (SSSR count). The first-order valence-electron chi connectivity index (χ1n) is 9.31. The van der Waals surface area contributed by atoms with Gasteiger partial charge in [0.25, 0.3) is 0 Å². The summed E-state index contributed by atoms with van der Waals surface area (Å²) < 4.78 is 11.2. The van der Waals surface area contributed by atoms with Crippen molar-refractivity contribution in [1.82, 2.24) is 15.2 Å². The van der Waals surface area contributed by atoms with Gasteiger partial charge in [0.1, 0.15) is 11.5 Å². The Morgan fingerprint density at radius 1 is 1.00 bits per heavy atom. The van der Waals surface area contributed by atoms with Crippen molar-refractivity contribution in [2.45, 2.75) is 6.04 Å². The number of hydrogen-bond donors (Lipinski definition) is 1. The molecule has 140 valence electrons. The number of fused-ring (bicyclic) bond motifs is 1. The highest BCUT2D eigenvalue weighted by molar-refractivity contribution is 5.79. The van der Waals surface area contributed by atoms with Gasteiger partial charge in [-0.15, -0.1) is 0 Å². The highest BCUT2D eigenvalue weighted by atomic mass is 16.5. The Labute approximate surface area is 159 Å². The second-order valence-electron chi connectivity index (χ2n) is 6.76. The summed E-state index contributed by atoms with van der Waals surface area (Å²) in [4.78, 5) is 7.19. The number of para-hydroxylation sites is 1. The summed E-state index contributed by atoms with van der Waals surface area (Å²) in [6.45, 7) is 3.89. The molecule has 1 fully saturated rings. The van der Waals surface area contributed by atoms with Gasteiger partial charge in [-0.3, -0.25) is 9.88 Å². The predicted octanol–water partition coefficient (Wildman–Crippen LogP) is 3.25. The average molecular weight is 363 g/mol. The van der Waals surface area contributed by atoms with Crippen molar-refractivity contribution < 1.29 is 9.47 Å². The molecule has 3 aromatic rings. The van der Waals surface area contributed by atoms with Gasteiger partial charge in [-0.1, -0.05) is 18.2 Å². The third kappa shape index (κ3) is 3.61. The first kappa shape index (κ1) is 17.8. The summed E-state index contributed by atoms with van der Waals surface area (Å²) in [7, 11) is 3.42. The molecule has 0 saturated carbocycles. The second-order valence-corrected chi connectivity index (χ2v) is 6.76. The average Bonchev–Trinajstić information content (AvgIpc) is 2.74. The Morgan fingerprint density at radius 2 is 1.81 bits per heavy atom. The highest BCUT2D eigenvalue weighted by Gasteiger charge is 2.27.